The summed E-state index contributed by atoms with van der Waals surface area (Å²) in [4.78, 5) is 35.5. The molecule has 0 aliphatic carbocycles. The van der Waals surface area contributed by atoms with Gasteiger partial charge in [0, 0.05) is 31.5 Å². The van der Waals surface area contributed by atoms with Crippen molar-refractivity contribution in [3.63, 3.8) is 0 Å². The highest BCUT2D eigenvalue weighted by Crippen LogP contribution is 2.17. The van der Waals surface area contributed by atoms with E-state index in [2.05, 4.69) is 10.6 Å². The molecule has 8 nitrogen and oxygen atoms in total. The largest absolute Gasteiger partial charge is 0.480 e. The number of carboxylic acids is 1. The molecule has 1 fully saturated rings. The van der Waals surface area contributed by atoms with Gasteiger partial charge in [0.2, 0.25) is 5.91 Å². The fourth-order valence-electron chi connectivity index (χ4n) is 2.14. The van der Waals surface area contributed by atoms with E-state index in [1.807, 2.05) is 20.8 Å². The van der Waals surface area contributed by atoms with Crippen LogP contribution in [0.4, 0.5) is 4.79 Å². The van der Waals surface area contributed by atoms with Crippen LogP contribution in [-0.4, -0.2) is 63.8 Å². The first-order valence-corrected chi connectivity index (χ1v) is 6.86. The van der Waals surface area contributed by atoms with Gasteiger partial charge in [-0.2, -0.15) is 0 Å². The molecule has 8 heteroatoms. The molecule has 1 aliphatic heterocycles. The Bertz CT molecular complexity index is 419. The molecule has 0 aromatic rings. The van der Waals surface area contributed by atoms with E-state index in [1.54, 1.807) is 0 Å². The van der Waals surface area contributed by atoms with Crippen molar-refractivity contribution in [1.82, 2.24) is 15.5 Å². The summed E-state index contributed by atoms with van der Waals surface area (Å²) in [6.07, 6.45) is -0.703. The molecule has 1 aliphatic rings. The lowest BCUT2D eigenvalue weighted by Crippen LogP contribution is -2.47. The number of β-amino-alcohol motifs (C(OH)–C–C–N with tert-alkyl or cyclic N) is 1. The number of aliphatic hydroxyl groups is 1. The third kappa shape index (κ3) is 5.58. The minimum absolute atomic E-state index is 0.0169. The van der Waals surface area contributed by atoms with Crippen LogP contribution in [0.3, 0.4) is 0 Å². The average Bonchev–Trinajstić information content (AvgIpc) is 2.69. The second kappa shape index (κ2) is 6.75. The highest BCUT2D eigenvalue weighted by molar-refractivity contribution is 5.84. The van der Waals surface area contributed by atoms with Gasteiger partial charge >= 0.3 is 12.0 Å². The first-order valence-electron chi connectivity index (χ1n) is 6.86. The molecule has 0 aromatic carbocycles. The van der Waals surface area contributed by atoms with Gasteiger partial charge in [0.05, 0.1) is 6.10 Å². The highest BCUT2D eigenvalue weighted by atomic mass is 16.4. The van der Waals surface area contributed by atoms with E-state index >= 15 is 0 Å². The Morgan fingerprint density at radius 2 is 1.90 bits per heavy atom. The number of likely N-dealkylation sites (tertiary alicyclic amines) is 1. The number of amides is 3. The summed E-state index contributed by atoms with van der Waals surface area (Å²) in [5, 5.41) is 23.7. The van der Waals surface area contributed by atoms with Gasteiger partial charge in [-0.3, -0.25) is 4.79 Å². The molecule has 2 unspecified atom stereocenters. The molecule has 120 valence electrons. The smallest absolute Gasteiger partial charge is 0.326 e. The first kappa shape index (κ1) is 17.2. The molecule has 0 saturated carbocycles. The van der Waals surface area contributed by atoms with Crippen molar-refractivity contribution in [2.24, 2.45) is 0 Å². The minimum Gasteiger partial charge on any atom is -0.480 e. The van der Waals surface area contributed by atoms with E-state index in [1.165, 1.54) is 0 Å². The van der Waals surface area contributed by atoms with Crippen LogP contribution in [0.5, 0.6) is 0 Å². The lowest BCUT2D eigenvalue weighted by Gasteiger charge is -2.22. The van der Waals surface area contributed by atoms with Crippen LogP contribution in [0.2, 0.25) is 0 Å². The maximum atomic E-state index is 11.9. The normalized spacial score (nSPS) is 22.0. The van der Waals surface area contributed by atoms with Crippen LogP contribution in [0.1, 0.15) is 33.6 Å². The Balaban J connectivity index is 2.40. The maximum absolute atomic E-state index is 11.9. The van der Waals surface area contributed by atoms with E-state index in [9.17, 15) is 19.5 Å². The first-order chi connectivity index (χ1) is 9.60. The zero-order valence-corrected chi connectivity index (χ0v) is 12.5. The summed E-state index contributed by atoms with van der Waals surface area (Å²) in [6, 6.07) is -1.61. The Hall–Kier alpha value is -1.83. The molecule has 0 bridgehead atoms. The molecule has 21 heavy (non-hydrogen) atoms. The Labute approximate surface area is 123 Å². The number of hydrogen-bond acceptors (Lipinski definition) is 4. The van der Waals surface area contributed by atoms with Crippen molar-refractivity contribution < 1.29 is 24.6 Å². The molecule has 1 heterocycles. The SMILES string of the molecule is CC(C)(C)NC(=O)CCNC(=O)N1CC(O)CC1C(=O)O. The number of hydrogen-bond donors (Lipinski definition) is 4. The van der Waals surface area contributed by atoms with Gasteiger partial charge in [-0.1, -0.05) is 0 Å². The highest BCUT2D eigenvalue weighted by Gasteiger charge is 2.38. The lowest BCUT2D eigenvalue weighted by atomic mass is 10.1. The number of aliphatic carboxylic acids is 1. The maximum Gasteiger partial charge on any atom is 0.326 e. The number of carboxylic acid groups (broad SMARTS) is 1. The Kier molecular flexibility index (Phi) is 5.54. The van der Waals surface area contributed by atoms with Crippen molar-refractivity contribution in [3.05, 3.63) is 0 Å². The van der Waals surface area contributed by atoms with Crippen LogP contribution in [0.25, 0.3) is 0 Å². The summed E-state index contributed by atoms with van der Waals surface area (Å²) in [7, 11) is 0. The van der Waals surface area contributed by atoms with Gasteiger partial charge in [-0.15, -0.1) is 0 Å². The third-order valence-corrected chi connectivity index (χ3v) is 2.97. The quantitative estimate of drug-likeness (QED) is 0.559. The van der Waals surface area contributed by atoms with E-state index in [4.69, 9.17) is 5.11 Å². The number of carbonyl (C=O) groups is 3. The molecule has 0 radical (unpaired) electrons. The van der Waals surface area contributed by atoms with Crippen molar-refractivity contribution >= 4 is 17.9 Å². The number of nitrogens with one attached hydrogen (secondary N) is 2. The van der Waals surface area contributed by atoms with Gasteiger partial charge < -0.3 is 25.7 Å². The van der Waals surface area contributed by atoms with E-state index in [0.29, 0.717) is 0 Å². The van der Waals surface area contributed by atoms with Crippen LogP contribution in [0.15, 0.2) is 0 Å². The van der Waals surface area contributed by atoms with Crippen molar-refractivity contribution in [1.29, 1.82) is 0 Å². The summed E-state index contributed by atoms with van der Waals surface area (Å²) in [6.45, 7) is 5.66. The second-order valence-corrected chi connectivity index (χ2v) is 6.18. The number of urea groups is 1. The van der Waals surface area contributed by atoms with Crippen LogP contribution < -0.4 is 10.6 Å². The fourth-order valence-corrected chi connectivity index (χ4v) is 2.14. The fraction of sp³-hybridized carbons (Fsp3) is 0.769. The molecular weight excluding hydrogens is 278 g/mol. The number of aliphatic hydroxyl groups excluding tert-OH is 1. The Morgan fingerprint density at radius 1 is 1.29 bits per heavy atom. The van der Waals surface area contributed by atoms with Crippen LogP contribution in [-0.2, 0) is 9.59 Å². The predicted molar refractivity (Wildman–Crippen MR) is 74.7 cm³/mol. The molecule has 1 rings (SSSR count). The van der Waals surface area contributed by atoms with E-state index < -0.39 is 24.1 Å². The third-order valence-electron chi connectivity index (χ3n) is 2.97. The Morgan fingerprint density at radius 3 is 2.43 bits per heavy atom. The summed E-state index contributed by atoms with van der Waals surface area (Å²) < 4.78 is 0. The van der Waals surface area contributed by atoms with Gasteiger partial charge in [-0.25, -0.2) is 9.59 Å². The van der Waals surface area contributed by atoms with Crippen molar-refractivity contribution in [2.75, 3.05) is 13.1 Å². The zero-order valence-electron chi connectivity index (χ0n) is 12.5. The lowest BCUT2D eigenvalue weighted by molar-refractivity contribution is -0.141. The van der Waals surface area contributed by atoms with E-state index in [-0.39, 0.29) is 37.4 Å². The number of rotatable bonds is 4. The zero-order chi connectivity index (χ0) is 16.2. The summed E-state index contributed by atoms with van der Waals surface area (Å²) >= 11 is 0. The van der Waals surface area contributed by atoms with Crippen LogP contribution >= 0.6 is 0 Å². The molecule has 3 amide bonds. The van der Waals surface area contributed by atoms with Gasteiger partial charge in [-0.05, 0) is 20.8 Å². The van der Waals surface area contributed by atoms with Gasteiger partial charge in [0.1, 0.15) is 6.04 Å². The van der Waals surface area contributed by atoms with Gasteiger partial charge in [0.25, 0.3) is 0 Å². The second-order valence-electron chi connectivity index (χ2n) is 6.18. The van der Waals surface area contributed by atoms with E-state index in [0.717, 1.165) is 4.90 Å². The molecule has 0 spiro atoms. The molecule has 1 saturated heterocycles. The predicted octanol–water partition coefficient (Wildman–Crippen LogP) is -0.479. The average molecular weight is 301 g/mol. The molecular formula is C13H23N3O5. The monoisotopic (exact) mass is 301 g/mol. The van der Waals surface area contributed by atoms with Gasteiger partial charge in [0.15, 0.2) is 0 Å². The summed E-state index contributed by atoms with van der Waals surface area (Å²) in [5.41, 5.74) is -0.339. The number of carbonyl (C=O) groups excluding carboxylic acids is 2. The molecule has 0 aromatic heterocycles. The van der Waals surface area contributed by atoms with Crippen molar-refractivity contribution in [3.8, 4) is 0 Å². The van der Waals surface area contributed by atoms with Crippen LogP contribution in [0, 0.1) is 0 Å². The molecule has 4 N–H and O–H groups in total. The molecule has 2 atom stereocenters. The van der Waals surface area contributed by atoms with Crippen molar-refractivity contribution in [2.45, 2.75) is 51.3 Å². The minimum atomic E-state index is -1.15. The standard InChI is InChI=1S/C13H23N3O5/c1-13(2,3)15-10(18)4-5-14-12(21)16-7-8(17)6-9(16)11(19)20/h8-9,17H,4-7H2,1-3H3,(H,14,21)(H,15,18)(H,19,20). The number of nitrogens with zero attached hydrogens (tertiary/aromatic N) is 1. The summed E-state index contributed by atoms with van der Waals surface area (Å²) in [5.74, 6) is -1.34. The topological polar surface area (TPSA) is 119 Å².